The molecule has 0 spiro atoms. The lowest BCUT2D eigenvalue weighted by Crippen LogP contribution is -2.36. The van der Waals surface area contributed by atoms with E-state index < -0.39 is 0 Å². The Balaban J connectivity index is 1.81. The molecule has 1 unspecified atom stereocenters. The molecule has 0 bridgehead atoms. The van der Waals surface area contributed by atoms with Gasteiger partial charge < -0.3 is 9.80 Å². The minimum Gasteiger partial charge on any atom is -0.356 e. The molecule has 2 nitrogen and oxygen atoms in total. The summed E-state index contributed by atoms with van der Waals surface area (Å²) < 4.78 is 0. The van der Waals surface area contributed by atoms with E-state index in [2.05, 4.69) is 43.0 Å². The lowest BCUT2D eigenvalue weighted by atomic mass is 10.0. The fraction of sp³-hybridized carbons (Fsp3) is 0.943. The summed E-state index contributed by atoms with van der Waals surface area (Å²) in [5.41, 5.74) is 0. The van der Waals surface area contributed by atoms with Gasteiger partial charge in [0.05, 0.1) is 6.17 Å². The molecule has 1 rings (SSSR count). The van der Waals surface area contributed by atoms with Crippen LogP contribution in [0.5, 0.6) is 0 Å². The standard InChI is InChI=1S/C35H70N2/c1-4-6-8-10-12-14-16-17-18-19-20-21-22-24-26-28-30-32-37-34-33-36(35(37)3)31-29-27-25-23-15-13-11-9-7-5-2/h33-35H,4-32H2,1-3H3. The van der Waals surface area contributed by atoms with E-state index in [1.807, 2.05) is 0 Å². The van der Waals surface area contributed by atoms with E-state index in [9.17, 15) is 0 Å². The zero-order valence-corrected chi connectivity index (χ0v) is 26.1. The summed E-state index contributed by atoms with van der Waals surface area (Å²) in [6.07, 6.45) is 44.2. The molecule has 0 saturated carbocycles. The van der Waals surface area contributed by atoms with Crippen molar-refractivity contribution in [3.8, 4) is 0 Å². The second-order valence-electron chi connectivity index (χ2n) is 12.2. The van der Waals surface area contributed by atoms with Crippen LogP contribution >= 0.6 is 0 Å². The number of hydrogen-bond acceptors (Lipinski definition) is 2. The minimum atomic E-state index is 0.569. The Morgan fingerprint density at radius 2 is 0.568 bits per heavy atom. The molecule has 0 saturated heterocycles. The first kappa shape index (κ1) is 34.4. The maximum atomic E-state index is 2.57. The lowest BCUT2D eigenvalue weighted by Gasteiger charge is -2.30. The summed E-state index contributed by atoms with van der Waals surface area (Å²) in [7, 11) is 0. The molecule has 1 aliphatic rings. The summed E-state index contributed by atoms with van der Waals surface area (Å²) in [5, 5.41) is 0. The minimum absolute atomic E-state index is 0.569. The number of hydrogen-bond donors (Lipinski definition) is 0. The van der Waals surface area contributed by atoms with Crippen molar-refractivity contribution in [1.29, 1.82) is 0 Å². The SMILES string of the molecule is CCCCCCCCCCCCCCCCCCCN1C=CN(CCCCCCCCCCCC)C1C. The van der Waals surface area contributed by atoms with Crippen LogP contribution in [0.4, 0.5) is 0 Å². The molecule has 37 heavy (non-hydrogen) atoms. The Bertz CT molecular complexity index is 474. The van der Waals surface area contributed by atoms with E-state index >= 15 is 0 Å². The molecule has 0 aliphatic carbocycles. The maximum absolute atomic E-state index is 2.57. The molecule has 0 radical (unpaired) electrons. The molecule has 220 valence electrons. The number of nitrogens with zero attached hydrogens (tertiary/aromatic N) is 2. The van der Waals surface area contributed by atoms with Crippen molar-refractivity contribution >= 4 is 0 Å². The smallest absolute Gasteiger partial charge is 0.0977 e. The van der Waals surface area contributed by atoms with Gasteiger partial charge in [-0.3, -0.25) is 0 Å². The number of rotatable bonds is 29. The van der Waals surface area contributed by atoms with Crippen LogP contribution in [0, 0.1) is 0 Å². The van der Waals surface area contributed by atoms with Gasteiger partial charge in [-0.2, -0.15) is 0 Å². The van der Waals surface area contributed by atoms with Crippen LogP contribution in [0.15, 0.2) is 12.4 Å². The second kappa shape index (κ2) is 26.9. The van der Waals surface area contributed by atoms with Crippen LogP contribution in [-0.4, -0.2) is 29.1 Å². The molecule has 0 aromatic carbocycles. The first-order chi connectivity index (χ1) is 18.3. The third-order valence-corrected chi connectivity index (χ3v) is 8.70. The Morgan fingerprint density at radius 1 is 0.351 bits per heavy atom. The number of unbranched alkanes of at least 4 members (excludes halogenated alkanes) is 25. The van der Waals surface area contributed by atoms with Crippen LogP contribution in [0.2, 0.25) is 0 Å². The van der Waals surface area contributed by atoms with Gasteiger partial charge in [0.2, 0.25) is 0 Å². The molecule has 1 atom stereocenters. The van der Waals surface area contributed by atoms with Gasteiger partial charge in [0.25, 0.3) is 0 Å². The lowest BCUT2D eigenvalue weighted by molar-refractivity contribution is 0.165. The Labute approximate surface area is 235 Å². The summed E-state index contributed by atoms with van der Waals surface area (Å²) >= 11 is 0. The zero-order valence-electron chi connectivity index (χ0n) is 26.1. The largest absolute Gasteiger partial charge is 0.356 e. The van der Waals surface area contributed by atoms with Crippen LogP contribution in [0.3, 0.4) is 0 Å². The Kier molecular flexibility index (Phi) is 25.0. The molecule has 1 aliphatic heterocycles. The fourth-order valence-corrected chi connectivity index (χ4v) is 5.93. The predicted molar refractivity (Wildman–Crippen MR) is 168 cm³/mol. The van der Waals surface area contributed by atoms with E-state index in [1.165, 1.54) is 186 Å². The van der Waals surface area contributed by atoms with E-state index in [0.29, 0.717) is 6.17 Å². The summed E-state index contributed by atoms with van der Waals surface area (Å²) in [4.78, 5) is 5.14. The summed E-state index contributed by atoms with van der Waals surface area (Å²) in [5.74, 6) is 0. The molecule has 0 amide bonds. The van der Waals surface area contributed by atoms with Crippen molar-refractivity contribution in [1.82, 2.24) is 9.80 Å². The van der Waals surface area contributed by atoms with Crippen molar-refractivity contribution in [3.63, 3.8) is 0 Å². The van der Waals surface area contributed by atoms with Gasteiger partial charge in [-0.05, 0) is 19.8 Å². The fourth-order valence-electron chi connectivity index (χ4n) is 5.93. The van der Waals surface area contributed by atoms with E-state index in [0.717, 1.165) is 0 Å². The monoisotopic (exact) mass is 519 g/mol. The topological polar surface area (TPSA) is 6.48 Å². The van der Waals surface area contributed by atoms with Gasteiger partial charge >= 0.3 is 0 Å². The molecule has 0 N–H and O–H groups in total. The summed E-state index contributed by atoms with van der Waals surface area (Å²) in [6.45, 7) is 9.48. The Morgan fingerprint density at radius 3 is 0.811 bits per heavy atom. The van der Waals surface area contributed by atoms with Crippen molar-refractivity contribution in [2.75, 3.05) is 13.1 Å². The molecule has 0 fully saturated rings. The average molecular weight is 519 g/mol. The van der Waals surface area contributed by atoms with Gasteiger partial charge in [-0.25, -0.2) is 0 Å². The molecular weight excluding hydrogens is 448 g/mol. The van der Waals surface area contributed by atoms with Crippen molar-refractivity contribution in [2.45, 2.75) is 200 Å². The van der Waals surface area contributed by atoms with E-state index in [-0.39, 0.29) is 0 Å². The van der Waals surface area contributed by atoms with Crippen molar-refractivity contribution in [3.05, 3.63) is 12.4 Å². The van der Waals surface area contributed by atoms with Gasteiger partial charge in [-0.15, -0.1) is 0 Å². The average Bonchev–Trinajstić information content (AvgIpc) is 3.25. The van der Waals surface area contributed by atoms with Gasteiger partial charge in [-0.1, -0.05) is 174 Å². The highest BCUT2D eigenvalue weighted by Gasteiger charge is 2.20. The third-order valence-electron chi connectivity index (χ3n) is 8.70. The normalized spacial score (nSPS) is 15.4. The van der Waals surface area contributed by atoms with Gasteiger partial charge in [0, 0.05) is 25.5 Å². The molecular formula is C35H70N2. The predicted octanol–water partition coefficient (Wildman–Crippen LogP) is 12.0. The zero-order chi connectivity index (χ0) is 26.7. The molecule has 1 heterocycles. The van der Waals surface area contributed by atoms with E-state index in [1.54, 1.807) is 0 Å². The highest BCUT2D eigenvalue weighted by Crippen LogP contribution is 2.19. The second-order valence-corrected chi connectivity index (χ2v) is 12.2. The van der Waals surface area contributed by atoms with Crippen LogP contribution in [0.25, 0.3) is 0 Å². The van der Waals surface area contributed by atoms with E-state index in [4.69, 9.17) is 0 Å². The first-order valence-electron chi connectivity index (χ1n) is 17.5. The highest BCUT2D eigenvalue weighted by atomic mass is 15.4. The van der Waals surface area contributed by atoms with Crippen LogP contribution in [0.1, 0.15) is 194 Å². The third kappa shape index (κ3) is 20.9. The molecule has 0 aromatic rings. The Hall–Kier alpha value is -0.660. The van der Waals surface area contributed by atoms with Gasteiger partial charge in [0.15, 0.2) is 0 Å². The van der Waals surface area contributed by atoms with Crippen molar-refractivity contribution in [2.24, 2.45) is 0 Å². The van der Waals surface area contributed by atoms with Gasteiger partial charge in [0.1, 0.15) is 0 Å². The highest BCUT2D eigenvalue weighted by molar-refractivity contribution is 4.95. The van der Waals surface area contributed by atoms with Crippen LogP contribution < -0.4 is 0 Å². The van der Waals surface area contributed by atoms with Crippen LogP contribution in [-0.2, 0) is 0 Å². The summed E-state index contributed by atoms with van der Waals surface area (Å²) in [6, 6.07) is 0. The first-order valence-corrected chi connectivity index (χ1v) is 17.5. The quantitative estimate of drug-likeness (QED) is 0.0908. The molecule has 0 aromatic heterocycles. The van der Waals surface area contributed by atoms with Crippen molar-refractivity contribution < 1.29 is 0 Å². The molecule has 2 heteroatoms. The maximum Gasteiger partial charge on any atom is 0.0977 e.